The quantitative estimate of drug-likeness (QED) is 0.171. The number of hydrogen-bond donors (Lipinski definition) is 7. The number of carbonyl (C=O) groups is 3. The van der Waals surface area contributed by atoms with Crippen molar-refractivity contribution in [3.05, 3.63) is 24.3 Å². The molecule has 1 aromatic rings. The summed E-state index contributed by atoms with van der Waals surface area (Å²) in [6.45, 7) is 1.07. The Balaban J connectivity index is 2.42. The molecule has 0 saturated carbocycles. The molecule has 11 nitrogen and oxygen atoms in total. The van der Waals surface area contributed by atoms with Crippen molar-refractivity contribution >= 4 is 36.0 Å². The number of amides is 3. The number of nitrogens with zero attached hydrogens (tertiary/aromatic N) is 1. The lowest BCUT2D eigenvalue weighted by molar-refractivity contribution is -0.131. The lowest BCUT2D eigenvalue weighted by Crippen LogP contribution is -2.45. The predicted octanol–water partition coefficient (Wildman–Crippen LogP) is -3.73. The molecule has 0 radical (unpaired) electrons. The Kier molecular flexibility index (Phi) is 10.9. The lowest BCUT2D eigenvalue weighted by Gasteiger charge is -2.22. The smallest absolute Gasteiger partial charge is 0.423 e. The molecule has 0 fully saturated rings. The summed E-state index contributed by atoms with van der Waals surface area (Å²) in [6.07, 6.45) is 0.186. The van der Waals surface area contributed by atoms with Gasteiger partial charge in [0.15, 0.2) is 0 Å². The molecule has 3 amide bonds. The van der Waals surface area contributed by atoms with Gasteiger partial charge in [-0.15, -0.1) is 0 Å². The van der Waals surface area contributed by atoms with Crippen LogP contribution >= 0.6 is 0 Å². The number of anilines is 1. The summed E-state index contributed by atoms with van der Waals surface area (Å²) in [7, 11) is -1.65. The summed E-state index contributed by atoms with van der Waals surface area (Å²) in [4.78, 5) is 37.6. The summed E-state index contributed by atoms with van der Waals surface area (Å²) in [6, 6.07) is 5.06. The molecule has 0 aliphatic rings. The zero-order chi connectivity index (χ0) is 21.8. The van der Waals surface area contributed by atoms with Crippen molar-refractivity contribution in [2.45, 2.75) is 18.9 Å². The lowest BCUT2D eigenvalue weighted by atomic mass is 9.80. The minimum Gasteiger partial charge on any atom is -0.423 e. The number of carbonyl (C=O) groups excluding carboxylic acids is 3. The summed E-state index contributed by atoms with van der Waals surface area (Å²) in [5.74, 6) is -1.26. The second kappa shape index (κ2) is 12.9. The molecule has 0 aliphatic heterocycles. The van der Waals surface area contributed by atoms with Gasteiger partial charge in [-0.05, 0) is 24.0 Å². The third-order valence-corrected chi connectivity index (χ3v) is 4.05. The fraction of sp³-hybridized carbons (Fsp3) is 0.471. The van der Waals surface area contributed by atoms with Gasteiger partial charge in [-0.2, -0.15) is 0 Å². The molecule has 29 heavy (non-hydrogen) atoms. The Labute approximate surface area is 169 Å². The van der Waals surface area contributed by atoms with Crippen LogP contribution in [-0.4, -0.2) is 78.6 Å². The molecular weight excluding hydrogens is 379 g/mol. The molecular formula is C17H29BN6O5. The van der Waals surface area contributed by atoms with Gasteiger partial charge in [0.25, 0.3) is 0 Å². The maximum Gasteiger partial charge on any atom is 0.488 e. The molecule has 0 saturated heterocycles. The van der Waals surface area contributed by atoms with Crippen LogP contribution in [0.1, 0.15) is 12.8 Å². The van der Waals surface area contributed by atoms with Gasteiger partial charge in [-0.3, -0.25) is 14.4 Å². The first-order valence-electron chi connectivity index (χ1n) is 9.25. The first-order chi connectivity index (χ1) is 13.8. The Hall–Kier alpha value is -2.51. The molecule has 0 aromatic heterocycles. The second-order valence-corrected chi connectivity index (χ2v) is 6.37. The van der Waals surface area contributed by atoms with E-state index in [1.54, 1.807) is 12.1 Å². The van der Waals surface area contributed by atoms with Crippen LogP contribution in [0.3, 0.4) is 0 Å². The van der Waals surface area contributed by atoms with Crippen molar-refractivity contribution in [2.75, 3.05) is 38.0 Å². The van der Waals surface area contributed by atoms with Gasteiger partial charge in [-0.1, -0.05) is 12.1 Å². The van der Waals surface area contributed by atoms with Gasteiger partial charge >= 0.3 is 7.12 Å². The van der Waals surface area contributed by atoms with Crippen LogP contribution in [-0.2, 0) is 14.4 Å². The molecule has 1 rings (SSSR count). The van der Waals surface area contributed by atoms with Crippen molar-refractivity contribution in [3.8, 4) is 0 Å². The monoisotopic (exact) mass is 408 g/mol. The van der Waals surface area contributed by atoms with Gasteiger partial charge in [-0.25, -0.2) is 0 Å². The van der Waals surface area contributed by atoms with Crippen LogP contribution in [0.25, 0.3) is 0 Å². The molecule has 0 heterocycles. The van der Waals surface area contributed by atoms with E-state index in [1.165, 1.54) is 17.0 Å². The Morgan fingerprint density at radius 2 is 1.79 bits per heavy atom. The van der Waals surface area contributed by atoms with Crippen LogP contribution in [0.15, 0.2) is 24.3 Å². The van der Waals surface area contributed by atoms with E-state index in [0.717, 1.165) is 0 Å². The SMILES string of the molecule is NCCN(CCN)C(=O)CCC(N)C(=O)NCC(=O)Nc1cccc(B(O)O)c1. The molecule has 0 bridgehead atoms. The highest BCUT2D eigenvalue weighted by atomic mass is 16.4. The van der Waals surface area contributed by atoms with E-state index in [-0.39, 0.29) is 30.8 Å². The van der Waals surface area contributed by atoms with E-state index in [2.05, 4.69) is 10.6 Å². The van der Waals surface area contributed by atoms with Gasteiger partial charge in [0.2, 0.25) is 17.7 Å². The van der Waals surface area contributed by atoms with Crippen molar-refractivity contribution < 1.29 is 24.4 Å². The van der Waals surface area contributed by atoms with E-state index in [9.17, 15) is 14.4 Å². The third kappa shape index (κ3) is 9.02. The van der Waals surface area contributed by atoms with Gasteiger partial charge < -0.3 is 42.8 Å². The van der Waals surface area contributed by atoms with Crippen LogP contribution in [0, 0.1) is 0 Å². The van der Waals surface area contributed by atoms with E-state index < -0.39 is 25.0 Å². The normalized spacial score (nSPS) is 11.5. The average molecular weight is 408 g/mol. The molecule has 12 heteroatoms. The van der Waals surface area contributed by atoms with Crippen molar-refractivity contribution in [3.63, 3.8) is 0 Å². The highest BCUT2D eigenvalue weighted by Gasteiger charge is 2.19. The number of benzene rings is 1. The molecule has 0 spiro atoms. The zero-order valence-corrected chi connectivity index (χ0v) is 16.2. The third-order valence-electron chi connectivity index (χ3n) is 4.05. The van der Waals surface area contributed by atoms with Crippen LogP contribution in [0.2, 0.25) is 0 Å². The van der Waals surface area contributed by atoms with Crippen LogP contribution in [0.5, 0.6) is 0 Å². The maximum atomic E-state index is 12.1. The number of nitrogens with two attached hydrogens (primary N) is 3. The molecule has 160 valence electrons. The van der Waals surface area contributed by atoms with E-state index >= 15 is 0 Å². The highest BCUT2D eigenvalue weighted by Crippen LogP contribution is 2.04. The van der Waals surface area contributed by atoms with Crippen molar-refractivity contribution in [2.24, 2.45) is 17.2 Å². The Morgan fingerprint density at radius 3 is 2.38 bits per heavy atom. The summed E-state index contributed by atoms with van der Waals surface area (Å²) >= 11 is 0. The molecule has 1 atom stereocenters. The van der Waals surface area contributed by atoms with Crippen LogP contribution in [0.4, 0.5) is 5.69 Å². The van der Waals surface area contributed by atoms with Crippen molar-refractivity contribution in [1.82, 2.24) is 10.2 Å². The fourth-order valence-corrected chi connectivity index (χ4v) is 2.52. The van der Waals surface area contributed by atoms with E-state index in [1.807, 2.05) is 0 Å². The molecule has 10 N–H and O–H groups in total. The summed E-state index contributed by atoms with van der Waals surface area (Å²) < 4.78 is 0. The highest BCUT2D eigenvalue weighted by molar-refractivity contribution is 6.58. The number of rotatable bonds is 12. The van der Waals surface area contributed by atoms with E-state index in [4.69, 9.17) is 27.2 Å². The standard InChI is InChI=1S/C17H29BN6O5/c19-6-8-24(9-7-20)16(26)5-4-14(21)17(27)22-11-15(25)23-13-3-1-2-12(10-13)18(28)29/h1-3,10,14,28-29H,4-9,11,19-21H2,(H,22,27)(H,23,25). The Morgan fingerprint density at radius 1 is 1.14 bits per heavy atom. The maximum absolute atomic E-state index is 12.1. The van der Waals surface area contributed by atoms with Crippen LogP contribution < -0.4 is 33.3 Å². The predicted molar refractivity (Wildman–Crippen MR) is 110 cm³/mol. The minimum atomic E-state index is -1.65. The van der Waals surface area contributed by atoms with Gasteiger partial charge in [0, 0.05) is 38.3 Å². The fourth-order valence-electron chi connectivity index (χ4n) is 2.52. The summed E-state index contributed by atoms with van der Waals surface area (Å²) in [5, 5.41) is 23.2. The number of nitrogens with one attached hydrogen (secondary N) is 2. The van der Waals surface area contributed by atoms with Gasteiger partial charge in [0.1, 0.15) is 0 Å². The largest absolute Gasteiger partial charge is 0.488 e. The average Bonchev–Trinajstić information content (AvgIpc) is 2.69. The first kappa shape index (κ1) is 24.5. The summed E-state index contributed by atoms with van der Waals surface area (Å²) in [5.41, 5.74) is 17.3. The number of hydrogen-bond acceptors (Lipinski definition) is 8. The van der Waals surface area contributed by atoms with Crippen molar-refractivity contribution in [1.29, 1.82) is 0 Å². The Bertz CT molecular complexity index is 684. The first-order valence-corrected chi connectivity index (χ1v) is 9.25. The topological polar surface area (TPSA) is 197 Å². The second-order valence-electron chi connectivity index (χ2n) is 6.37. The molecule has 1 unspecified atom stereocenters. The molecule has 0 aliphatic carbocycles. The van der Waals surface area contributed by atoms with E-state index in [0.29, 0.717) is 31.9 Å². The minimum absolute atomic E-state index is 0.0665. The molecule has 1 aromatic carbocycles. The zero-order valence-electron chi connectivity index (χ0n) is 16.2. The van der Waals surface area contributed by atoms with Gasteiger partial charge in [0.05, 0.1) is 12.6 Å².